The van der Waals surface area contributed by atoms with Gasteiger partial charge in [-0.2, -0.15) is 0 Å². The summed E-state index contributed by atoms with van der Waals surface area (Å²) in [7, 11) is 1.63. The molecule has 3 aliphatic heterocycles. The quantitative estimate of drug-likeness (QED) is 0.744. The first-order valence-electron chi connectivity index (χ1n) is 6.07. The lowest BCUT2D eigenvalue weighted by Crippen LogP contribution is -2.52. The van der Waals surface area contributed by atoms with Crippen LogP contribution in [0.2, 0.25) is 0 Å². The molecule has 0 aromatic carbocycles. The SMILES string of the molecule is CCO[C@H]1O[C@@H]2[C@H](O[C@@]3(SC)OC[C@@H]2O3)[C@H]1OC. The Morgan fingerprint density at radius 1 is 1.33 bits per heavy atom. The second-order valence-electron chi connectivity index (χ2n) is 4.38. The van der Waals surface area contributed by atoms with Gasteiger partial charge in [0.15, 0.2) is 6.29 Å². The van der Waals surface area contributed by atoms with Crippen molar-refractivity contribution in [3.8, 4) is 0 Å². The Balaban J connectivity index is 1.80. The Kier molecular flexibility index (Phi) is 3.57. The van der Waals surface area contributed by atoms with Crippen LogP contribution < -0.4 is 0 Å². The van der Waals surface area contributed by atoms with Crippen molar-refractivity contribution in [2.45, 2.75) is 42.9 Å². The van der Waals surface area contributed by atoms with Crippen LogP contribution in [0.25, 0.3) is 0 Å². The van der Waals surface area contributed by atoms with Crippen LogP contribution in [0.4, 0.5) is 0 Å². The van der Waals surface area contributed by atoms with Crippen LogP contribution in [-0.2, 0) is 28.4 Å². The van der Waals surface area contributed by atoms with Crippen molar-refractivity contribution in [2.75, 3.05) is 26.6 Å². The average Bonchev–Trinajstić information content (AvgIpc) is 2.91. The zero-order valence-electron chi connectivity index (χ0n) is 10.7. The van der Waals surface area contributed by atoms with Gasteiger partial charge in [-0.15, -0.1) is 0 Å². The maximum Gasteiger partial charge on any atom is 0.338 e. The zero-order valence-corrected chi connectivity index (χ0v) is 11.5. The maximum absolute atomic E-state index is 5.91. The third-order valence-electron chi connectivity index (χ3n) is 3.43. The van der Waals surface area contributed by atoms with Crippen molar-refractivity contribution in [2.24, 2.45) is 0 Å². The molecular formula is C11H18O6S. The molecule has 2 bridgehead atoms. The van der Waals surface area contributed by atoms with Gasteiger partial charge in [-0.05, 0) is 13.2 Å². The van der Waals surface area contributed by atoms with E-state index in [0.717, 1.165) is 0 Å². The topological polar surface area (TPSA) is 55.4 Å². The van der Waals surface area contributed by atoms with Gasteiger partial charge in [0.05, 0.1) is 6.61 Å². The Hall–Kier alpha value is 0.110. The Morgan fingerprint density at radius 2 is 2.17 bits per heavy atom. The molecule has 104 valence electrons. The standard InChI is InChI=1S/C11H18O6S/c1-4-13-10-9(12-2)8-7(15-10)6-5-14-11(16-6,17-8)18-3/h6-10H,4-5H2,1-3H3/t6-,7-,8-,9+,10-,11+/m0/s1. The van der Waals surface area contributed by atoms with E-state index < -0.39 is 11.6 Å². The fourth-order valence-electron chi connectivity index (χ4n) is 2.61. The number of methoxy groups -OCH3 is 1. The van der Waals surface area contributed by atoms with Gasteiger partial charge < -0.3 is 28.4 Å². The van der Waals surface area contributed by atoms with Crippen LogP contribution in [0.3, 0.4) is 0 Å². The molecule has 3 heterocycles. The lowest BCUT2D eigenvalue weighted by molar-refractivity contribution is -0.332. The molecule has 3 saturated heterocycles. The molecule has 0 amide bonds. The van der Waals surface area contributed by atoms with Gasteiger partial charge in [0, 0.05) is 13.7 Å². The molecule has 6 atom stereocenters. The minimum absolute atomic E-state index is 0.126. The first kappa shape index (κ1) is 13.1. The second-order valence-corrected chi connectivity index (χ2v) is 5.29. The Bertz CT molecular complexity index is 316. The van der Waals surface area contributed by atoms with Gasteiger partial charge in [0.2, 0.25) is 0 Å². The third kappa shape index (κ3) is 1.89. The summed E-state index contributed by atoms with van der Waals surface area (Å²) in [4.78, 5) is 0. The van der Waals surface area contributed by atoms with Crippen LogP contribution in [0.15, 0.2) is 0 Å². The number of fused-ring (bicyclic) bond motifs is 4. The highest BCUT2D eigenvalue weighted by atomic mass is 32.2. The Morgan fingerprint density at radius 3 is 2.83 bits per heavy atom. The molecule has 0 aliphatic carbocycles. The fraction of sp³-hybridized carbons (Fsp3) is 1.00. The first-order chi connectivity index (χ1) is 8.73. The van der Waals surface area contributed by atoms with Crippen LogP contribution >= 0.6 is 11.8 Å². The lowest BCUT2D eigenvalue weighted by Gasteiger charge is -2.36. The van der Waals surface area contributed by atoms with E-state index in [1.807, 2.05) is 13.2 Å². The minimum atomic E-state index is -1.01. The summed E-state index contributed by atoms with van der Waals surface area (Å²) in [6.45, 7) is 2.96. The van der Waals surface area contributed by atoms with Crippen molar-refractivity contribution >= 4 is 11.8 Å². The monoisotopic (exact) mass is 278 g/mol. The van der Waals surface area contributed by atoms with Crippen molar-refractivity contribution in [1.82, 2.24) is 0 Å². The van der Waals surface area contributed by atoms with Crippen molar-refractivity contribution in [3.05, 3.63) is 0 Å². The van der Waals surface area contributed by atoms with Gasteiger partial charge in [-0.25, -0.2) is 0 Å². The first-order valence-corrected chi connectivity index (χ1v) is 7.30. The molecule has 0 saturated carbocycles. The summed E-state index contributed by atoms with van der Waals surface area (Å²) >= 11 is 1.39. The molecule has 0 aromatic rings. The molecular weight excluding hydrogens is 260 g/mol. The third-order valence-corrected chi connectivity index (χ3v) is 4.24. The highest BCUT2D eigenvalue weighted by molar-refractivity contribution is 7.99. The molecule has 0 spiro atoms. The molecule has 3 aliphatic rings. The van der Waals surface area contributed by atoms with Gasteiger partial charge in [0.25, 0.3) is 0 Å². The summed E-state index contributed by atoms with van der Waals surface area (Å²) < 4.78 is 34.1. The normalized spacial score (nSPS) is 50.5. The van der Waals surface area contributed by atoms with Crippen molar-refractivity contribution in [1.29, 1.82) is 0 Å². The van der Waals surface area contributed by atoms with Crippen molar-refractivity contribution in [3.63, 3.8) is 0 Å². The molecule has 3 rings (SSSR count). The predicted octanol–water partition coefficient (Wildman–Crippen LogP) is 0.551. The number of ether oxygens (including phenoxy) is 6. The minimum Gasteiger partial charge on any atom is -0.373 e. The largest absolute Gasteiger partial charge is 0.373 e. The van der Waals surface area contributed by atoms with Crippen LogP contribution in [0.1, 0.15) is 6.92 Å². The number of thioether (sulfide) groups is 1. The number of hydrogen-bond donors (Lipinski definition) is 0. The van der Waals surface area contributed by atoms with E-state index in [-0.39, 0.29) is 24.4 Å². The molecule has 7 heteroatoms. The van der Waals surface area contributed by atoms with E-state index in [0.29, 0.717) is 13.2 Å². The maximum atomic E-state index is 5.91. The molecule has 6 nitrogen and oxygen atoms in total. The van der Waals surface area contributed by atoms with E-state index in [1.165, 1.54) is 11.8 Å². The van der Waals surface area contributed by atoms with E-state index in [1.54, 1.807) is 7.11 Å². The summed E-state index contributed by atoms with van der Waals surface area (Å²) in [6, 6.07) is 0. The summed E-state index contributed by atoms with van der Waals surface area (Å²) in [6.07, 6.45) is 0.681. The zero-order chi connectivity index (χ0) is 12.8. The van der Waals surface area contributed by atoms with E-state index >= 15 is 0 Å². The number of hydrogen-bond acceptors (Lipinski definition) is 7. The lowest BCUT2D eigenvalue weighted by atomic mass is 10.1. The van der Waals surface area contributed by atoms with E-state index in [9.17, 15) is 0 Å². The van der Waals surface area contributed by atoms with Gasteiger partial charge >= 0.3 is 5.31 Å². The van der Waals surface area contributed by atoms with E-state index in [2.05, 4.69) is 0 Å². The van der Waals surface area contributed by atoms with Crippen LogP contribution in [0, 0.1) is 0 Å². The highest BCUT2D eigenvalue weighted by Crippen LogP contribution is 2.46. The average molecular weight is 278 g/mol. The van der Waals surface area contributed by atoms with E-state index in [4.69, 9.17) is 28.4 Å². The summed E-state index contributed by atoms with van der Waals surface area (Å²) in [5.41, 5.74) is 0. The summed E-state index contributed by atoms with van der Waals surface area (Å²) in [5, 5.41) is -1.01. The van der Waals surface area contributed by atoms with Crippen molar-refractivity contribution < 1.29 is 28.4 Å². The molecule has 0 aromatic heterocycles. The second kappa shape index (κ2) is 4.90. The Labute approximate surface area is 110 Å². The number of rotatable bonds is 4. The fourth-order valence-corrected chi connectivity index (χ4v) is 3.22. The van der Waals surface area contributed by atoms with Gasteiger partial charge in [-0.1, -0.05) is 11.8 Å². The smallest absolute Gasteiger partial charge is 0.338 e. The molecule has 0 unspecified atom stereocenters. The van der Waals surface area contributed by atoms with Gasteiger partial charge in [-0.3, -0.25) is 0 Å². The molecule has 3 fully saturated rings. The molecule has 18 heavy (non-hydrogen) atoms. The van der Waals surface area contributed by atoms with Gasteiger partial charge in [0.1, 0.15) is 24.4 Å². The highest BCUT2D eigenvalue weighted by Gasteiger charge is 2.62. The van der Waals surface area contributed by atoms with Crippen LogP contribution in [-0.4, -0.2) is 62.6 Å². The molecule has 0 radical (unpaired) electrons. The molecule has 0 N–H and O–H groups in total. The summed E-state index contributed by atoms with van der Waals surface area (Å²) in [5.74, 6) is 0. The van der Waals surface area contributed by atoms with Crippen LogP contribution in [0.5, 0.6) is 0 Å². The predicted molar refractivity (Wildman–Crippen MR) is 63.0 cm³/mol.